The van der Waals surface area contributed by atoms with Crippen molar-refractivity contribution >= 4 is 29.9 Å². The third-order valence-corrected chi connectivity index (χ3v) is 4.93. The highest BCUT2D eigenvalue weighted by molar-refractivity contribution is 14.0. The van der Waals surface area contributed by atoms with Crippen molar-refractivity contribution in [1.82, 2.24) is 10.2 Å². The number of aliphatic imine (C=N–C) groups is 1. The summed E-state index contributed by atoms with van der Waals surface area (Å²) in [6.07, 6.45) is 11.6. The van der Waals surface area contributed by atoms with E-state index in [1.807, 2.05) is 7.05 Å². The van der Waals surface area contributed by atoms with E-state index in [2.05, 4.69) is 15.2 Å². The third kappa shape index (κ3) is 5.57. The topological polar surface area (TPSA) is 27.6 Å². The molecule has 0 unspecified atom stereocenters. The molecule has 0 aromatic heterocycles. The zero-order valence-corrected chi connectivity index (χ0v) is 15.7. The summed E-state index contributed by atoms with van der Waals surface area (Å²) in [5.41, 5.74) is 0.520. The highest BCUT2D eigenvalue weighted by atomic mass is 127. The van der Waals surface area contributed by atoms with Gasteiger partial charge >= 0.3 is 0 Å². The normalized spacial score (nSPS) is 22.6. The quantitative estimate of drug-likeness (QED) is 0.329. The van der Waals surface area contributed by atoms with Crippen LogP contribution in [0.1, 0.15) is 57.8 Å². The molecule has 1 heterocycles. The minimum Gasteiger partial charge on any atom is -0.356 e. The Kier molecular flexibility index (Phi) is 8.90. The first-order chi connectivity index (χ1) is 9.79. The van der Waals surface area contributed by atoms with Crippen LogP contribution in [0.3, 0.4) is 0 Å². The smallest absolute Gasteiger partial charge is 0.193 e. The highest BCUT2D eigenvalue weighted by Gasteiger charge is 2.36. The van der Waals surface area contributed by atoms with Gasteiger partial charge in [-0.1, -0.05) is 25.7 Å². The Hall–Kier alpha value is -0.0700. The van der Waals surface area contributed by atoms with Crippen LogP contribution in [0.4, 0.5) is 4.39 Å². The zero-order chi connectivity index (χ0) is 14.3. The molecular formula is C16H31FIN3. The molecule has 2 rings (SSSR count). The molecule has 1 aliphatic carbocycles. The van der Waals surface area contributed by atoms with Gasteiger partial charge in [-0.05, 0) is 37.5 Å². The fourth-order valence-electron chi connectivity index (χ4n) is 3.87. The first-order valence-electron chi connectivity index (χ1n) is 8.31. The van der Waals surface area contributed by atoms with Gasteiger partial charge in [0.2, 0.25) is 0 Å². The first-order valence-corrected chi connectivity index (χ1v) is 8.31. The second-order valence-corrected chi connectivity index (χ2v) is 6.46. The molecule has 1 aliphatic heterocycles. The number of nitrogens with zero attached hydrogens (tertiary/aromatic N) is 2. The fraction of sp³-hybridized carbons (Fsp3) is 0.938. The molecule has 0 aromatic rings. The van der Waals surface area contributed by atoms with Gasteiger partial charge in [0.15, 0.2) is 5.96 Å². The van der Waals surface area contributed by atoms with Gasteiger partial charge in [0, 0.05) is 26.7 Å². The van der Waals surface area contributed by atoms with Gasteiger partial charge in [0.25, 0.3) is 0 Å². The van der Waals surface area contributed by atoms with E-state index in [9.17, 15) is 4.39 Å². The highest BCUT2D eigenvalue weighted by Crippen LogP contribution is 2.42. The SMILES string of the molecule is CN=C(NCCCF)N1CCCC2(CCCCCC2)C1.I. The summed E-state index contributed by atoms with van der Waals surface area (Å²) in [7, 11) is 1.84. The van der Waals surface area contributed by atoms with Crippen LogP contribution < -0.4 is 5.32 Å². The monoisotopic (exact) mass is 411 g/mol. The van der Waals surface area contributed by atoms with E-state index in [0.29, 0.717) is 18.4 Å². The summed E-state index contributed by atoms with van der Waals surface area (Å²) < 4.78 is 12.2. The van der Waals surface area contributed by atoms with Crippen molar-refractivity contribution in [2.75, 3.05) is 33.4 Å². The summed E-state index contributed by atoms with van der Waals surface area (Å²) in [6.45, 7) is 2.67. The summed E-state index contributed by atoms with van der Waals surface area (Å²) >= 11 is 0. The van der Waals surface area contributed by atoms with E-state index in [-0.39, 0.29) is 30.7 Å². The Balaban J connectivity index is 0.00000220. The Morgan fingerprint density at radius 2 is 1.81 bits per heavy atom. The van der Waals surface area contributed by atoms with Gasteiger partial charge in [0.05, 0.1) is 6.67 Å². The molecule has 21 heavy (non-hydrogen) atoms. The van der Waals surface area contributed by atoms with Crippen molar-refractivity contribution in [2.24, 2.45) is 10.4 Å². The molecule has 0 bridgehead atoms. The lowest BCUT2D eigenvalue weighted by Gasteiger charge is -2.44. The van der Waals surface area contributed by atoms with Crippen molar-refractivity contribution in [2.45, 2.75) is 57.8 Å². The second kappa shape index (κ2) is 9.85. The second-order valence-electron chi connectivity index (χ2n) is 6.46. The maximum absolute atomic E-state index is 12.2. The predicted octanol–water partition coefficient (Wildman–Crippen LogP) is 3.98. The molecule has 3 nitrogen and oxygen atoms in total. The van der Waals surface area contributed by atoms with Gasteiger partial charge < -0.3 is 10.2 Å². The standard InChI is InChI=1S/C16H30FN3.HI/c1-18-15(19-12-7-11-17)20-13-6-10-16(14-20)8-4-2-3-5-9-16;/h2-14H2,1H3,(H,18,19);1H. The molecule has 2 fully saturated rings. The molecule has 1 N–H and O–H groups in total. The summed E-state index contributed by atoms with van der Waals surface area (Å²) in [5, 5.41) is 3.31. The van der Waals surface area contributed by atoms with E-state index >= 15 is 0 Å². The number of rotatable bonds is 3. The van der Waals surface area contributed by atoms with Gasteiger partial charge in [-0.15, -0.1) is 24.0 Å². The van der Waals surface area contributed by atoms with E-state index in [0.717, 1.165) is 19.0 Å². The number of hydrogen-bond donors (Lipinski definition) is 1. The van der Waals surface area contributed by atoms with E-state index in [1.165, 1.54) is 51.4 Å². The maximum atomic E-state index is 12.2. The number of piperidine rings is 1. The van der Waals surface area contributed by atoms with Crippen LogP contribution in [0.2, 0.25) is 0 Å². The van der Waals surface area contributed by atoms with Gasteiger partial charge in [-0.2, -0.15) is 0 Å². The van der Waals surface area contributed by atoms with E-state index in [4.69, 9.17) is 0 Å². The Morgan fingerprint density at radius 3 is 2.43 bits per heavy atom. The molecule has 124 valence electrons. The number of likely N-dealkylation sites (tertiary alicyclic amines) is 1. The van der Waals surface area contributed by atoms with Gasteiger partial charge in [0.1, 0.15) is 0 Å². The van der Waals surface area contributed by atoms with Crippen LogP contribution >= 0.6 is 24.0 Å². The Morgan fingerprint density at radius 1 is 1.14 bits per heavy atom. The molecule has 0 aromatic carbocycles. The van der Waals surface area contributed by atoms with Crippen LogP contribution in [0.25, 0.3) is 0 Å². The molecular weight excluding hydrogens is 380 g/mol. The average Bonchev–Trinajstić information content (AvgIpc) is 2.69. The molecule has 1 saturated heterocycles. The van der Waals surface area contributed by atoms with Crippen molar-refractivity contribution in [3.05, 3.63) is 0 Å². The summed E-state index contributed by atoms with van der Waals surface area (Å²) in [5.74, 6) is 0.974. The number of hydrogen-bond acceptors (Lipinski definition) is 1. The number of alkyl halides is 1. The van der Waals surface area contributed by atoms with Gasteiger partial charge in [-0.3, -0.25) is 9.38 Å². The van der Waals surface area contributed by atoms with Gasteiger partial charge in [-0.25, -0.2) is 0 Å². The molecule has 1 spiro atoms. The van der Waals surface area contributed by atoms with Crippen molar-refractivity contribution in [3.63, 3.8) is 0 Å². The lowest BCUT2D eigenvalue weighted by atomic mass is 9.74. The molecule has 0 radical (unpaired) electrons. The molecule has 1 saturated carbocycles. The lowest BCUT2D eigenvalue weighted by Crippen LogP contribution is -2.50. The van der Waals surface area contributed by atoms with Crippen LogP contribution in [0, 0.1) is 5.41 Å². The first kappa shape index (κ1) is 19.0. The molecule has 5 heteroatoms. The van der Waals surface area contributed by atoms with Crippen molar-refractivity contribution < 1.29 is 4.39 Å². The van der Waals surface area contributed by atoms with Crippen molar-refractivity contribution in [3.8, 4) is 0 Å². The average molecular weight is 411 g/mol. The minimum absolute atomic E-state index is 0. The van der Waals surface area contributed by atoms with E-state index < -0.39 is 0 Å². The zero-order valence-electron chi connectivity index (χ0n) is 13.4. The van der Waals surface area contributed by atoms with Crippen LogP contribution in [-0.4, -0.2) is 44.2 Å². The Labute approximate surface area is 146 Å². The van der Waals surface area contributed by atoms with Crippen LogP contribution in [0.15, 0.2) is 4.99 Å². The predicted molar refractivity (Wildman–Crippen MR) is 98.3 cm³/mol. The summed E-state index contributed by atoms with van der Waals surface area (Å²) in [4.78, 5) is 6.80. The maximum Gasteiger partial charge on any atom is 0.193 e. The lowest BCUT2D eigenvalue weighted by molar-refractivity contribution is 0.115. The Bertz CT molecular complexity index is 315. The van der Waals surface area contributed by atoms with Crippen molar-refractivity contribution in [1.29, 1.82) is 0 Å². The van der Waals surface area contributed by atoms with E-state index in [1.54, 1.807) is 0 Å². The fourth-order valence-corrected chi connectivity index (χ4v) is 3.87. The summed E-state index contributed by atoms with van der Waals surface area (Å²) in [6, 6.07) is 0. The number of nitrogens with one attached hydrogen (secondary N) is 1. The molecule has 2 aliphatic rings. The third-order valence-electron chi connectivity index (χ3n) is 4.93. The molecule has 0 atom stereocenters. The van der Waals surface area contributed by atoms with Crippen LogP contribution in [-0.2, 0) is 0 Å². The molecule has 0 amide bonds. The largest absolute Gasteiger partial charge is 0.356 e. The van der Waals surface area contributed by atoms with Crippen LogP contribution in [0.5, 0.6) is 0 Å². The minimum atomic E-state index is -0.256. The number of guanidine groups is 1. The number of halogens is 2.